The lowest BCUT2D eigenvalue weighted by atomic mass is 9.75. The van der Waals surface area contributed by atoms with Crippen molar-refractivity contribution >= 4 is 6.03 Å². The van der Waals surface area contributed by atoms with E-state index in [2.05, 4.69) is 19.2 Å². The maximum atomic E-state index is 12.2. The Balaban J connectivity index is 1.80. The van der Waals surface area contributed by atoms with Gasteiger partial charge in [-0.3, -0.25) is 0 Å². The molecule has 0 unspecified atom stereocenters. The predicted octanol–water partition coefficient (Wildman–Crippen LogP) is 3.80. The molecule has 20 heavy (non-hydrogen) atoms. The largest absolute Gasteiger partial charge is 0.334 e. The summed E-state index contributed by atoms with van der Waals surface area (Å²) in [6, 6.07) is 10.5. The topological polar surface area (TPSA) is 32.3 Å². The molecule has 2 rings (SSSR count). The third-order valence-corrected chi connectivity index (χ3v) is 4.46. The Morgan fingerprint density at radius 3 is 2.45 bits per heavy atom. The molecule has 1 aromatic carbocycles. The first-order chi connectivity index (χ1) is 9.48. The van der Waals surface area contributed by atoms with Gasteiger partial charge in [-0.1, -0.05) is 44.2 Å². The molecule has 2 amide bonds. The number of hydrogen-bond donors (Lipinski definition) is 1. The minimum atomic E-state index is 0.0403. The van der Waals surface area contributed by atoms with Gasteiger partial charge in [0.2, 0.25) is 0 Å². The summed E-state index contributed by atoms with van der Waals surface area (Å²) in [4.78, 5) is 14.1. The molecule has 0 atom stereocenters. The van der Waals surface area contributed by atoms with Gasteiger partial charge in [-0.15, -0.1) is 0 Å². The number of urea groups is 1. The van der Waals surface area contributed by atoms with Crippen LogP contribution in [0.5, 0.6) is 0 Å². The van der Waals surface area contributed by atoms with E-state index in [9.17, 15) is 4.79 Å². The Bertz CT molecular complexity index is 432. The molecule has 3 nitrogen and oxygen atoms in total. The van der Waals surface area contributed by atoms with E-state index in [1.54, 1.807) is 0 Å². The van der Waals surface area contributed by atoms with Crippen molar-refractivity contribution in [2.24, 2.45) is 5.41 Å². The molecule has 1 saturated carbocycles. The molecule has 1 aliphatic rings. The van der Waals surface area contributed by atoms with Crippen molar-refractivity contribution in [1.29, 1.82) is 0 Å². The number of amides is 2. The Morgan fingerprint density at radius 2 is 1.85 bits per heavy atom. The quantitative estimate of drug-likeness (QED) is 0.893. The summed E-state index contributed by atoms with van der Waals surface area (Å²) in [6.07, 6.45) is 4.63. The number of hydrogen-bond acceptors (Lipinski definition) is 1. The van der Waals surface area contributed by atoms with Gasteiger partial charge in [0.15, 0.2) is 0 Å². The van der Waals surface area contributed by atoms with Crippen LogP contribution in [0.25, 0.3) is 0 Å². The average molecular weight is 274 g/mol. The first kappa shape index (κ1) is 14.9. The smallest absolute Gasteiger partial charge is 0.317 e. The molecular formula is C17H26N2O. The highest BCUT2D eigenvalue weighted by Gasteiger charge is 2.30. The highest BCUT2D eigenvalue weighted by Crippen LogP contribution is 2.36. The van der Waals surface area contributed by atoms with Crippen molar-refractivity contribution in [3.05, 3.63) is 35.9 Å². The van der Waals surface area contributed by atoms with Crippen molar-refractivity contribution in [2.75, 3.05) is 7.05 Å². The van der Waals surface area contributed by atoms with E-state index in [4.69, 9.17) is 0 Å². The molecule has 1 aliphatic carbocycles. The molecule has 0 heterocycles. The van der Waals surface area contributed by atoms with E-state index in [0.29, 0.717) is 18.0 Å². The fourth-order valence-corrected chi connectivity index (χ4v) is 2.84. The summed E-state index contributed by atoms with van der Waals surface area (Å²) < 4.78 is 0. The van der Waals surface area contributed by atoms with Gasteiger partial charge in [0.25, 0.3) is 0 Å². The first-order valence-corrected chi connectivity index (χ1v) is 7.52. The molecule has 1 N–H and O–H groups in total. The van der Waals surface area contributed by atoms with Crippen molar-refractivity contribution in [2.45, 2.75) is 52.1 Å². The van der Waals surface area contributed by atoms with Crippen molar-refractivity contribution in [1.82, 2.24) is 10.2 Å². The maximum Gasteiger partial charge on any atom is 0.317 e. The van der Waals surface area contributed by atoms with Crippen LogP contribution in [0, 0.1) is 5.41 Å². The molecule has 1 fully saturated rings. The second kappa shape index (κ2) is 6.29. The monoisotopic (exact) mass is 274 g/mol. The zero-order chi connectivity index (χ0) is 14.6. The highest BCUT2D eigenvalue weighted by molar-refractivity contribution is 5.74. The van der Waals surface area contributed by atoms with Gasteiger partial charge in [0.05, 0.1) is 0 Å². The van der Waals surface area contributed by atoms with Gasteiger partial charge < -0.3 is 10.2 Å². The minimum Gasteiger partial charge on any atom is -0.334 e. The van der Waals surface area contributed by atoms with Crippen LogP contribution in [0.1, 0.15) is 45.1 Å². The summed E-state index contributed by atoms with van der Waals surface area (Å²) in [5.41, 5.74) is 1.58. The number of carbonyl (C=O) groups is 1. The van der Waals surface area contributed by atoms with Gasteiger partial charge in [-0.25, -0.2) is 4.79 Å². The van der Waals surface area contributed by atoms with Crippen LogP contribution in [0.2, 0.25) is 0 Å². The number of benzene rings is 1. The third kappa shape index (κ3) is 3.99. The summed E-state index contributed by atoms with van der Waals surface area (Å²) >= 11 is 0. The summed E-state index contributed by atoms with van der Waals surface area (Å²) in [5.74, 6) is 0. The Labute approximate surface area is 122 Å². The van der Waals surface area contributed by atoms with Gasteiger partial charge in [-0.05, 0) is 36.7 Å². The van der Waals surface area contributed by atoms with E-state index in [0.717, 1.165) is 18.4 Å². The van der Waals surface area contributed by atoms with E-state index in [1.165, 1.54) is 12.8 Å². The van der Waals surface area contributed by atoms with Crippen molar-refractivity contribution in [3.8, 4) is 0 Å². The second-order valence-electron chi connectivity index (χ2n) is 6.65. The van der Waals surface area contributed by atoms with Gasteiger partial charge >= 0.3 is 6.03 Å². The van der Waals surface area contributed by atoms with Crippen molar-refractivity contribution in [3.63, 3.8) is 0 Å². The van der Waals surface area contributed by atoms with E-state index in [1.807, 2.05) is 42.3 Å². The Kier molecular flexibility index (Phi) is 4.69. The second-order valence-corrected chi connectivity index (χ2v) is 6.65. The zero-order valence-corrected chi connectivity index (χ0v) is 12.9. The number of carbonyl (C=O) groups excluding carboxylic acids is 1. The SMILES string of the molecule is CN(C(=O)NCc1ccccc1)C1CCC(C)(C)CC1. The number of rotatable bonds is 3. The summed E-state index contributed by atoms with van der Waals surface area (Å²) in [5, 5.41) is 3.00. The van der Waals surface area contributed by atoms with E-state index >= 15 is 0 Å². The molecule has 0 radical (unpaired) electrons. The zero-order valence-electron chi connectivity index (χ0n) is 12.9. The van der Waals surface area contributed by atoms with Crippen LogP contribution in [0.4, 0.5) is 4.79 Å². The Morgan fingerprint density at radius 1 is 1.25 bits per heavy atom. The van der Waals surface area contributed by atoms with Crippen LogP contribution in [0.15, 0.2) is 30.3 Å². The third-order valence-electron chi connectivity index (χ3n) is 4.46. The minimum absolute atomic E-state index is 0.0403. The molecule has 110 valence electrons. The fourth-order valence-electron chi connectivity index (χ4n) is 2.84. The Hall–Kier alpha value is -1.51. The standard InChI is InChI=1S/C17H26N2O/c1-17(2)11-9-15(10-12-17)19(3)16(20)18-13-14-7-5-4-6-8-14/h4-8,15H,9-13H2,1-3H3,(H,18,20). The average Bonchev–Trinajstić information content (AvgIpc) is 2.45. The lowest BCUT2D eigenvalue weighted by molar-refractivity contribution is 0.134. The normalized spacial score (nSPS) is 18.6. The van der Waals surface area contributed by atoms with Crippen LogP contribution in [0.3, 0.4) is 0 Å². The molecule has 1 aromatic rings. The van der Waals surface area contributed by atoms with Gasteiger partial charge in [-0.2, -0.15) is 0 Å². The lowest BCUT2D eigenvalue weighted by Crippen LogP contribution is -2.45. The number of nitrogens with one attached hydrogen (secondary N) is 1. The fraction of sp³-hybridized carbons (Fsp3) is 0.588. The van der Waals surface area contributed by atoms with E-state index < -0.39 is 0 Å². The van der Waals surface area contributed by atoms with Crippen LogP contribution in [-0.2, 0) is 6.54 Å². The number of nitrogens with zero attached hydrogens (tertiary/aromatic N) is 1. The van der Waals surface area contributed by atoms with Crippen LogP contribution < -0.4 is 5.32 Å². The summed E-state index contributed by atoms with van der Waals surface area (Å²) in [7, 11) is 1.92. The summed E-state index contributed by atoms with van der Waals surface area (Å²) in [6.45, 7) is 5.24. The predicted molar refractivity (Wildman–Crippen MR) is 82.5 cm³/mol. The maximum absolute atomic E-state index is 12.2. The van der Waals surface area contributed by atoms with Gasteiger partial charge in [0.1, 0.15) is 0 Å². The van der Waals surface area contributed by atoms with Crippen LogP contribution >= 0.6 is 0 Å². The first-order valence-electron chi connectivity index (χ1n) is 7.52. The molecule has 0 bridgehead atoms. The molecule has 0 saturated heterocycles. The molecule has 3 heteroatoms. The van der Waals surface area contributed by atoms with Gasteiger partial charge in [0, 0.05) is 19.6 Å². The van der Waals surface area contributed by atoms with Crippen molar-refractivity contribution < 1.29 is 4.79 Å². The molecule has 0 aliphatic heterocycles. The highest BCUT2D eigenvalue weighted by atomic mass is 16.2. The molecule has 0 aromatic heterocycles. The van der Waals surface area contributed by atoms with E-state index in [-0.39, 0.29) is 6.03 Å². The lowest BCUT2D eigenvalue weighted by Gasteiger charge is -2.38. The molecule has 0 spiro atoms. The van der Waals surface area contributed by atoms with Crippen LogP contribution in [-0.4, -0.2) is 24.0 Å². The molecular weight excluding hydrogens is 248 g/mol.